The molecule has 5 amide bonds. The largest absolute Gasteiger partial charge is 0.349 e. The molecule has 2 aliphatic rings. The van der Waals surface area contributed by atoms with Crippen molar-refractivity contribution in [1.29, 1.82) is 0 Å². The number of pyridine rings is 2. The first-order valence-corrected chi connectivity index (χ1v) is 20.8. The monoisotopic (exact) mass is 818 g/mol. The van der Waals surface area contributed by atoms with E-state index in [-0.39, 0.29) is 53.0 Å². The average Bonchev–Trinajstić information content (AvgIpc) is 3.30. The third-order valence-corrected chi connectivity index (χ3v) is 11.1. The predicted molar refractivity (Wildman–Crippen MR) is 238 cm³/mol. The number of carbonyl (C=O) groups is 5. The van der Waals surface area contributed by atoms with Gasteiger partial charge in [0.15, 0.2) is 11.4 Å². The molecule has 0 aliphatic carbocycles. The molecule has 2 unspecified atom stereocenters. The van der Waals surface area contributed by atoms with Gasteiger partial charge in [0.05, 0.1) is 11.4 Å². The summed E-state index contributed by atoms with van der Waals surface area (Å²) in [6, 6.07) is 33.5. The Kier molecular flexibility index (Phi) is 14.0. The minimum absolute atomic E-state index is 0.0184. The first-order chi connectivity index (χ1) is 29.8. The molecule has 13 nitrogen and oxygen atoms in total. The predicted octanol–water partition coefficient (Wildman–Crippen LogP) is 6.98. The lowest BCUT2D eigenvalue weighted by Crippen LogP contribution is -2.48. The lowest BCUT2D eigenvalue weighted by atomic mass is 10.0. The minimum Gasteiger partial charge on any atom is -0.349 e. The summed E-state index contributed by atoms with van der Waals surface area (Å²) in [5.41, 5.74) is 2.19. The molecule has 2 aromatic heterocycles. The van der Waals surface area contributed by atoms with Crippen LogP contribution >= 0.6 is 0 Å². The van der Waals surface area contributed by atoms with E-state index in [0.29, 0.717) is 42.1 Å². The smallest absolute Gasteiger partial charge is 0.272 e. The molecule has 2 atom stereocenters. The fraction of sp³-hybridized carbons (Fsp3) is 0.271. The van der Waals surface area contributed by atoms with Gasteiger partial charge >= 0.3 is 0 Å². The summed E-state index contributed by atoms with van der Waals surface area (Å²) in [4.78, 5) is 73.6. The van der Waals surface area contributed by atoms with Crippen LogP contribution in [-0.4, -0.2) is 82.7 Å². The van der Waals surface area contributed by atoms with E-state index in [2.05, 4.69) is 36.6 Å². The van der Waals surface area contributed by atoms with E-state index in [1.807, 2.05) is 77.7 Å². The molecule has 0 radical (unpaired) electrons. The van der Waals surface area contributed by atoms with Crippen molar-refractivity contribution in [3.8, 4) is 0 Å². The second-order valence-corrected chi connectivity index (χ2v) is 15.2. The van der Waals surface area contributed by atoms with Gasteiger partial charge in [-0.1, -0.05) is 79.2 Å². The van der Waals surface area contributed by atoms with Gasteiger partial charge in [-0.2, -0.15) is 0 Å². The molecule has 4 aromatic carbocycles. The molecule has 0 spiro atoms. The van der Waals surface area contributed by atoms with Crippen LogP contribution in [0.2, 0.25) is 0 Å². The molecular weight excluding hydrogens is 769 g/mol. The summed E-state index contributed by atoms with van der Waals surface area (Å²) in [5, 5.41) is 18.6. The van der Waals surface area contributed by atoms with Crippen molar-refractivity contribution in [2.45, 2.75) is 57.5 Å². The van der Waals surface area contributed by atoms with Crippen LogP contribution in [0, 0.1) is 0 Å². The summed E-state index contributed by atoms with van der Waals surface area (Å²) in [5.74, 6) is -1.22. The van der Waals surface area contributed by atoms with Crippen LogP contribution in [0.5, 0.6) is 0 Å². The highest BCUT2D eigenvalue weighted by atomic mass is 16.2. The number of nitrogens with zero attached hydrogens (tertiary/aromatic N) is 3. The van der Waals surface area contributed by atoms with Gasteiger partial charge in [-0.3, -0.25) is 24.0 Å². The van der Waals surface area contributed by atoms with E-state index in [9.17, 15) is 24.0 Å². The summed E-state index contributed by atoms with van der Waals surface area (Å²) < 4.78 is 0. The van der Waals surface area contributed by atoms with E-state index in [1.165, 1.54) is 19.0 Å². The summed E-state index contributed by atoms with van der Waals surface area (Å²) >= 11 is 0. The van der Waals surface area contributed by atoms with Gasteiger partial charge in [-0.15, -0.1) is 0 Å². The van der Waals surface area contributed by atoms with Gasteiger partial charge in [-0.05, 0) is 96.6 Å². The highest BCUT2D eigenvalue weighted by Crippen LogP contribution is 2.23. The lowest BCUT2D eigenvalue weighted by molar-refractivity contribution is -0.132. The van der Waals surface area contributed by atoms with Crippen LogP contribution in [0.1, 0.15) is 87.1 Å². The number of piperidine rings is 2. The van der Waals surface area contributed by atoms with Crippen molar-refractivity contribution in [2.75, 3.05) is 36.8 Å². The molecule has 5 N–H and O–H groups in total. The molecule has 2 aliphatic heterocycles. The number of hydrogen-bond donors (Lipinski definition) is 5. The number of carbonyl (C=O) groups excluding carboxylic acids is 5. The normalized spacial score (nSPS) is 16.1. The second kappa shape index (κ2) is 20.3. The van der Waals surface area contributed by atoms with Crippen LogP contribution in [0.4, 0.5) is 11.4 Å². The highest BCUT2D eigenvalue weighted by Gasteiger charge is 2.26. The van der Waals surface area contributed by atoms with Gasteiger partial charge in [-0.25, -0.2) is 9.97 Å². The molecule has 61 heavy (non-hydrogen) atoms. The number of likely N-dealkylation sites (tertiary alicyclic amines) is 1. The van der Waals surface area contributed by atoms with Crippen molar-refractivity contribution >= 4 is 62.5 Å². The number of fused-ring (bicyclic) bond motifs is 2. The Morgan fingerprint density at radius 3 is 1.66 bits per heavy atom. The van der Waals surface area contributed by atoms with E-state index in [4.69, 9.17) is 0 Å². The highest BCUT2D eigenvalue weighted by molar-refractivity contribution is 6.15. The first kappa shape index (κ1) is 42.1. The summed E-state index contributed by atoms with van der Waals surface area (Å²) in [7, 11) is 0. The third kappa shape index (κ3) is 10.6. The maximum atomic E-state index is 13.0. The van der Waals surface area contributed by atoms with Gasteiger partial charge in [0.2, 0.25) is 5.91 Å². The van der Waals surface area contributed by atoms with E-state index >= 15 is 0 Å². The van der Waals surface area contributed by atoms with Crippen molar-refractivity contribution in [3.05, 3.63) is 144 Å². The molecule has 13 heteroatoms. The van der Waals surface area contributed by atoms with Crippen LogP contribution in [-0.2, 0) is 4.79 Å². The van der Waals surface area contributed by atoms with Crippen molar-refractivity contribution in [1.82, 2.24) is 30.8 Å². The van der Waals surface area contributed by atoms with E-state index in [1.54, 1.807) is 49.5 Å². The molecule has 2 fully saturated rings. The molecule has 2 saturated heterocycles. The zero-order chi connectivity index (χ0) is 42.6. The quantitative estimate of drug-likeness (QED) is 0.0985. The molecule has 6 aromatic rings. The second-order valence-electron chi connectivity index (χ2n) is 15.2. The van der Waals surface area contributed by atoms with Gasteiger partial charge < -0.3 is 31.5 Å². The standard InChI is InChI=1S/C25H26N4O3.C23H24N4O2/c1-17(30)29-15-5-4-10-19(29)16-27-25(32)23-22(13-7-14-26-23)28-24(31)21-12-6-9-18-8-2-3-11-20(18)21;28-22(19-11-5-8-16-7-1-2-10-18(16)19)27-20-12-6-14-25-21(20)23(29)26-15-17-9-3-4-13-24-17/h2-3,6-9,11-14,19H,4-5,10,15-16H2,1H3,(H,27,32)(H,28,31);1-2,5-8,10-12,14,17,24H,3-4,9,13,15H2,(H,26,29)(H,27,28). The van der Waals surface area contributed by atoms with Gasteiger partial charge in [0.25, 0.3) is 23.6 Å². The Labute approximate surface area is 354 Å². The number of anilines is 2. The SMILES string of the molecule is CC(=O)N1CCCCC1CNC(=O)c1ncccc1NC(=O)c1cccc2ccccc12.O=C(NCC1CCCCN1)c1ncccc1NC(=O)c1cccc2ccccc12. The van der Waals surface area contributed by atoms with Crippen LogP contribution in [0.25, 0.3) is 21.5 Å². The Hall–Kier alpha value is -6.99. The Morgan fingerprint density at radius 1 is 0.590 bits per heavy atom. The Bertz CT molecular complexity index is 2530. The molecule has 312 valence electrons. The van der Waals surface area contributed by atoms with Crippen LogP contribution in [0.3, 0.4) is 0 Å². The Morgan fingerprint density at radius 2 is 1.11 bits per heavy atom. The number of rotatable bonds is 10. The molecule has 4 heterocycles. The van der Waals surface area contributed by atoms with Crippen LogP contribution in [0.15, 0.2) is 122 Å². The molecule has 0 saturated carbocycles. The zero-order valence-corrected chi connectivity index (χ0v) is 34.2. The van der Waals surface area contributed by atoms with Gasteiger partial charge in [0.1, 0.15) is 0 Å². The number of benzene rings is 4. The summed E-state index contributed by atoms with van der Waals surface area (Å²) in [6.45, 7) is 4.15. The van der Waals surface area contributed by atoms with Crippen LogP contribution < -0.4 is 26.6 Å². The molecule has 0 bridgehead atoms. The fourth-order valence-electron chi connectivity index (χ4n) is 7.92. The number of aromatic nitrogens is 2. The number of hydrogen-bond acceptors (Lipinski definition) is 8. The average molecular weight is 819 g/mol. The molecule has 8 rings (SSSR count). The summed E-state index contributed by atoms with van der Waals surface area (Å²) in [6.07, 6.45) is 9.33. The zero-order valence-electron chi connectivity index (χ0n) is 34.2. The molecular formula is C48H50N8O5. The Balaban J connectivity index is 0.000000185. The van der Waals surface area contributed by atoms with Crippen molar-refractivity contribution < 1.29 is 24.0 Å². The lowest BCUT2D eigenvalue weighted by Gasteiger charge is -2.35. The topological polar surface area (TPSA) is 175 Å². The maximum absolute atomic E-state index is 13.0. The number of nitrogens with one attached hydrogen (secondary N) is 5. The minimum atomic E-state index is -0.382. The first-order valence-electron chi connectivity index (χ1n) is 20.8. The van der Waals surface area contributed by atoms with E-state index in [0.717, 1.165) is 53.8 Å². The number of amides is 5. The van der Waals surface area contributed by atoms with Crippen molar-refractivity contribution in [3.63, 3.8) is 0 Å². The third-order valence-electron chi connectivity index (χ3n) is 11.1. The van der Waals surface area contributed by atoms with E-state index < -0.39 is 0 Å². The van der Waals surface area contributed by atoms with Crippen molar-refractivity contribution in [2.24, 2.45) is 0 Å². The fourth-order valence-corrected chi connectivity index (χ4v) is 7.92. The maximum Gasteiger partial charge on any atom is 0.272 e. The van der Waals surface area contributed by atoms with Gasteiger partial charge in [0, 0.05) is 62.2 Å².